The van der Waals surface area contributed by atoms with E-state index in [2.05, 4.69) is 20.4 Å². The van der Waals surface area contributed by atoms with E-state index in [0.717, 1.165) is 28.8 Å². The SMILES string of the molecule is O=c1[nH]c(O)c(/C=c2/cnn3c(=NC4CC4)cc(NCc4ccc(F)cc4-c4cccs4)nc23)[nH]1. The molecule has 176 valence electrons. The maximum absolute atomic E-state index is 14.0. The van der Waals surface area contributed by atoms with E-state index in [0.29, 0.717) is 28.7 Å². The predicted molar refractivity (Wildman–Crippen MR) is 130 cm³/mol. The van der Waals surface area contributed by atoms with Crippen molar-refractivity contribution < 1.29 is 9.50 Å². The van der Waals surface area contributed by atoms with Gasteiger partial charge in [-0.25, -0.2) is 14.2 Å². The highest BCUT2D eigenvalue weighted by Gasteiger charge is 2.20. The van der Waals surface area contributed by atoms with Crippen LogP contribution >= 0.6 is 11.3 Å². The summed E-state index contributed by atoms with van der Waals surface area (Å²) in [4.78, 5) is 26.8. The second-order valence-electron chi connectivity index (χ2n) is 8.31. The number of aromatic nitrogens is 5. The van der Waals surface area contributed by atoms with Gasteiger partial charge in [-0.3, -0.25) is 9.98 Å². The van der Waals surface area contributed by atoms with Crippen LogP contribution < -0.4 is 21.7 Å². The number of hydrogen-bond donors (Lipinski definition) is 4. The second kappa shape index (κ2) is 8.51. The van der Waals surface area contributed by atoms with Gasteiger partial charge in [0, 0.05) is 22.7 Å². The minimum atomic E-state index is -0.509. The molecule has 0 spiro atoms. The number of nitrogens with zero attached hydrogens (tertiary/aromatic N) is 4. The van der Waals surface area contributed by atoms with Crippen molar-refractivity contribution >= 4 is 28.9 Å². The van der Waals surface area contributed by atoms with Crippen LogP contribution in [0.3, 0.4) is 0 Å². The first-order valence-corrected chi connectivity index (χ1v) is 11.9. The van der Waals surface area contributed by atoms with Crippen LogP contribution in [0.5, 0.6) is 5.88 Å². The average Bonchev–Trinajstić information content (AvgIpc) is 3.19. The van der Waals surface area contributed by atoms with E-state index in [1.165, 1.54) is 6.07 Å². The monoisotopic (exact) mass is 489 g/mol. The van der Waals surface area contributed by atoms with E-state index >= 15 is 0 Å². The number of hydrogen-bond acceptors (Lipinski definition) is 7. The summed E-state index contributed by atoms with van der Waals surface area (Å²) >= 11 is 1.56. The van der Waals surface area contributed by atoms with Gasteiger partial charge in [-0.2, -0.15) is 9.61 Å². The van der Waals surface area contributed by atoms with Gasteiger partial charge in [0.15, 0.2) is 11.1 Å². The third-order valence-electron chi connectivity index (χ3n) is 5.70. The Kier molecular flexibility index (Phi) is 5.18. The molecule has 0 saturated heterocycles. The molecular weight excluding hydrogens is 469 g/mol. The van der Waals surface area contributed by atoms with Crippen molar-refractivity contribution in [1.82, 2.24) is 24.6 Å². The number of aromatic amines is 2. The van der Waals surface area contributed by atoms with Gasteiger partial charge in [0.2, 0.25) is 5.88 Å². The van der Waals surface area contributed by atoms with Crippen LogP contribution in [0, 0.1) is 5.82 Å². The van der Waals surface area contributed by atoms with Gasteiger partial charge < -0.3 is 15.4 Å². The molecule has 0 aliphatic heterocycles. The minimum Gasteiger partial charge on any atom is -0.493 e. The van der Waals surface area contributed by atoms with Crippen molar-refractivity contribution in [2.75, 3.05) is 5.32 Å². The molecular formula is C24H20FN7O2S. The van der Waals surface area contributed by atoms with Crippen molar-refractivity contribution in [3.05, 3.63) is 86.2 Å². The molecule has 0 unspecified atom stereocenters. The molecule has 0 atom stereocenters. The second-order valence-corrected chi connectivity index (χ2v) is 9.26. The van der Waals surface area contributed by atoms with Gasteiger partial charge in [0.25, 0.3) is 0 Å². The van der Waals surface area contributed by atoms with E-state index in [-0.39, 0.29) is 23.4 Å². The van der Waals surface area contributed by atoms with E-state index in [9.17, 15) is 14.3 Å². The topological polar surface area (TPSA) is 123 Å². The number of aromatic hydroxyl groups is 1. The number of halogens is 1. The number of H-pyrrole nitrogens is 2. The van der Waals surface area contributed by atoms with Crippen LogP contribution in [0.2, 0.25) is 0 Å². The summed E-state index contributed by atoms with van der Waals surface area (Å²) in [7, 11) is 0. The number of nitrogens with one attached hydrogen (secondary N) is 3. The molecule has 4 N–H and O–H groups in total. The number of thiophene rings is 1. The number of rotatable bonds is 6. The summed E-state index contributed by atoms with van der Waals surface area (Å²) < 4.78 is 15.6. The quantitative estimate of drug-likeness (QED) is 0.292. The first-order valence-electron chi connectivity index (χ1n) is 11.1. The van der Waals surface area contributed by atoms with Crippen LogP contribution in [0.1, 0.15) is 24.1 Å². The van der Waals surface area contributed by atoms with Gasteiger partial charge in [-0.15, -0.1) is 11.3 Å². The molecule has 1 aromatic carbocycles. The van der Waals surface area contributed by atoms with Gasteiger partial charge >= 0.3 is 5.69 Å². The van der Waals surface area contributed by atoms with Crippen molar-refractivity contribution in [2.45, 2.75) is 25.4 Å². The highest BCUT2D eigenvalue weighted by Crippen LogP contribution is 2.29. The summed E-state index contributed by atoms with van der Waals surface area (Å²) in [6, 6.07) is 10.8. The van der Waals surface area contributed by atoms with Crippen LogP contribution in [-0.4, -0.2) is 35.7 Å². The summed E-state index contributed by atoms with van der Waals surface area (Å²) in [5.41, 5.74) is 2.67. The molecule has 35 heavy (non-hydrogen) atoms. The number of fused-ring (bicyclic) bond motifs is 1. The Hall–Kier alpha value is -4.25. The first-order chi connectivity index (χ1) is 17.0. The zero-order valence-corrected chi connectivity index (χ0v) is 19.1. The first kappa shape index (κ1) is 21.3. The maximum Gasteiger partial charge on any atom is 0.326 e. The third kappa shape index (κ3) is 4.33. The van der Waals surface area contributed by atoms with Crippen molar-refractivity contribution in [3.63, 3.8) is 0 Å². The lowest BCUT2D eigenvalue weighted by molar-refractivity contribution is 0.454. The van der Waals surface area contributed by atoms with Gasteiger partial charge in [-0.1, -0.05) is 12.1 Å². The fourth-order valence-corrected chi connectivity index (χ4v) is 4.61. The Bertz CT molecular complexity index is 1710. The normalized spacial score (nSPS) is 14.8. The van der Waals surface area contributed by atoms with Gasteiger partial charge in [0.1, 0.15) is 17.3 Å². The minimum absolute atomic E-state index is 0.234. The highest BCUT2D eigenvalue weighted by atomic mass is 32.1. The molecule has 1 aliphatic rings. The lowest BCUT2D eigenvalue weighted by Gasteiger charge is -2.11. The lowest BCUT2D eigenvalue weighted by atomic mass is 10.1. The molecule has 0 amide bonds. The number of anilines is 1. The van der Waals surface area contributed by atoms with Crippen molar-refractivity contribution in [1.29, 1.82) is 0 Å². The van der Waals surface area contributed by atoms with Crippen molar-refractivity contribution in [3.8, 4) is 16.3 Å². The van der Waals surface area contributed by atoms with E-state index < -0.39 is 5.69 Å². The Balaban J connectivity index is 1.41. The maximum atomic E-state index is 14.0. The zero-order chi connectivity index (χ0) is 23.9. The molecule has 11 heteroatoms. The standard InChI is InChI=1S/C24H20FN7O2S/c25-15-4-3-13(17(9-15)19-2-1-7-35-19)11-26-20-10-21(28-16-5-6-16)32-22(30-20)14(12-27-32)8-18-23(33)31-24(34)29-18/h1-4,7-10,12,16,26,33H,5-6,11H2,(H2,29,31,34)/b14-8-,28-21?. The third-order valence-corrected chi connectivity index (χ3v) is 6.60. The fourth-order valence-electron chi connectivity index (χ4n) is 3.84. The van der Waals surface area contributed by atoms with Crippen LogP contribution in [0.15, 0.2) is 57.8 Å². The number of imidazole rings is 1. The largest absolute Gasteiger partial charge is 0.493 e. The van der Waals surface area contributed by atoms with Crippen LogP contribution in [0.4, 0.5) is 10.2 Å². The smallest absolute Gasteiger partial charge is 0.326 e. The Morgan fingerprint density at radius 3 is 2.91 bits per heavy atom. The highest BCUT2D eigenvalue weighted by molar-refractivity contribution is 7.13. The molecule has 4 aromatic heterocycles. The summed E-state index contributed by atoms with van der Waals surface area (Å²) in [5, 5.41) is 20.3. The van der Waals surface area contributed by atoms with E-state index in [4.69, 9.17) is 9.98 Å². The Morgan fingerprint density at radius 2 is 2.17 bits per heavy atom. The lowest BCUT2D eigenvalue weighted by Crippen LogP contribution is -2.20. The molecule has 5 aromatic rings. The van der Waals surface area contributed by atoms with Crippen LogP contribution in [0.25, 0.3) is 22.2 Å². The Morgan fingerprint density at radius 1 is 1.29 bits per heavy atom. The molecule has 0 bridgehead atoms. The molecule has 1 saturated carbocycles. The molecule has 9 nitrogen and oxygen atoms in total. The molecule has 1 aliphatic carbocycles. The summed E-state index contributed by atoms with van der Waals surface area (Å²) in [5.74, 6) is 0.0388. The van der Waals surface area contributed by atoms with E-state index in [1.807, 2.05) is 23.6 Å². The number of benzene rings is 1. The van der Waals surface area contributed by atoms with Crippen LogP contribution in [-0.2, 0) is 6.54 Å². The summed E-state index contributed by atoms with van der Waals surface area (Å²) in [6.07, 6.45) is 5.27. The molecule has 1 fully saturated rings. The molecule has 4 heterocycles. The fraction of sp³-hybridized carbons (Fsp3) is 0.167. The van der Waals surface area contributed by atoms with Gasteiger partial charge in [-0.05, 0) is 53.6 Å². The Labute approximate surface area is 201 Å². The van der Waals surface area contributed by atoms with Crippen molar-refractivity contribution in [2.24, 2.45) is 4.99 Å². The average molecular weight is 490 g/mol. The zero-order valence-electron chi connectivity index (χ0n) is 18.3. The van der Waals surface area contributed by atoms with E-state index in [1.54, 1.807) is 40.3 Å². The predicted octanol–water partition coefficient (Wildman–Crippen LogP) is 2.54. The summed E-state index contributed by atoms with van der Waals surface area (Å²) in [6.45, 7) is 0.429. The molecule has 0 radical (unpaired) electrons. The van der Waals surface area contributed by atoms with Gasteiger partial charge in [0.05, 0.1) is 12.2 Å². The molecule has 6 rings (SSSR count).